The molecule has 0 unspecified atom stereocenters. The van der Waals surface area contributed by atoms with E-state index >= 15 is 0 Å². The molecule has 3 rings (SSSR count). The average molecular weight is 352 g/mol. The average Bonchev–Trinajstić information content (AvgIpc) is 3.24. The summed E-state index contributed by atoms with van der Waals surface area (Å²) >= 11 is 0. The summed E-state index contributed by atoms with van der Waals surface area (Å²) in [5.74, 6) is 0.737. The number of amides is 1. The van der Waals surface area contributed by atoms with Crippen LogP contribution in [-0.2, 0) is 14.8 Å². The molecule has 7 heteroatoms. The summed E-state index contributed by atoms with van der Waals surface area (Å²) in [6.07, 6.45) is 5.79. The van der Waals surface area contributed by atoms with Gasteiger partial charge in [-0.25, -0.2) is 13.1 Å². The number of nitrogens with one attached hydrogen (secondary N) is 1. The Morgan fingerprint density at radius 2 is 2.00 bits per heavy atom. The second kappa shape index (κ2) is 7.11. The van der Waals surface area contributed by atoms with Crippen LogP contribution in [0.25, 0.3) is 0 Å². The first-order valence-electron chi connectivity index (χ1n) is 8.49. The van der Waals surface area contributed by atoms with Crippen LogP contribution < -0.4 is 14.4 Å². The lowest BCUT2D eigenvalue weighted by Gasteiger charge is -2.19. The Balaban J connectivity index is 1.84. The summed E-state index contributed by atoms with van der Waals surface area (Å²) in [5.41, 5.74) is 0.611. The topological polar surface area (TPSA) is 75.7 Å². The molecule has 132 valence electrons. The van der Waals surface area contributed by atoms with Gasteiger partial charge in [-0.15, -0.1) is 0 Å². The van der Waals surface area contributed by atoms with Crippen molar-refractivity contribution in [1.29, 1.82) is 0 Å². The maximum atomic E-state index is 12.7. The van der Waals surface area contributed by atoms with E-state index < -0.39 is 10.0 Å². The first-order valence-corrected chi connectivity index (χ1v) is 9.97. The summed E-state index contributed by atoms with van der Waals surface area (Å²) in [7, 11) is -2.22. The lowest BCUT2D eigenvalue weighted by atomic mass is 10.1. The zero-order chi connectivity index (χ0) is 17.2. The number of sulfonamides is 1. The monoisotopic (exact) mass is 352 g/mol. The normalized spacial score (nSPS) is 19.2. The fraction of sp³-hybridized carbons (Fsp3) is 0.588. The van der Waals surface area contributed by atoms with E-state index in [1.807, 2.05) is 0 Å². The van der Waals surface area contributed by atoms with Gasteiger partial charge < -0.3 is 9.64 Å². The number of ether oxygens (including phenoxy) is 1. The standard InChI is InChI=1S/C17H24N2O4S/c1-23-15-9-8-14(19-10-4-7-17(19)20)11-16(15)24(21,22)18-12-13-5-2-3-6-13/h8-9,11,13,18H,2-7,10,12H2,1H3. The third-order valence-corrected chi connectivity index (χ3v) is 6.30. The molecule has 0 bridgehead atoms. The van der Waals surface area contributed by atoms with Crippen LogP contribution in [0, 0.1) is 5.92 Å². The van der Waals surface area contributed by atoms with Crippen LogP contribution in [0.2, 0.25) is 0 Å². The van der Waals surface area contributed by atoms with E-state index in [0.29, 0.717) is 36.9 Å². The Labute approximate surface area is 143 Å². The molecular formula is C17H24N2O4S. The highest BCUT2D eigenvalue weighted by Crippen LogP contribution is 2.31. The van der Waals surface area contributed by atoms with Crippen molar-refractivity contribution in [3.05, 3.63) is 18.2 Å². The van der Waals surface area contributed by atoms with Gasteiger partial charge in [0.25, 0.3) is 0 Å². The maximum absolute atomic E-state index is 12.7. The molecule has 1 amide bonds. The van der Waals surface area contributed by atoms with Gasteiger partial charge in [0.2, 0.25) is 15.9 Å². The molecule has 2 aliphatic rings. The molecule has 0 radical (unpaired) electrons. The van der Waals surface area contributed by atoms with Gasteiger partial charge in [-0.3, -0.25) is 4.79 Å². The van der Waals surface area contributed by atoms with Gasteiger partial charge in [0, 0.05) is 25.2 Å². The third kappa shape index (κ3) is 3.57. The van der Waals surface area contributed by atoms with Gasteiger partial charge in [0.05, 0.1) is 7.11 Å². The van der Waals surface area contributed by atoms with Crippen molar-refractivity contribution in [2.45, 2.75) is 43.4 Å². The van der Waals surface area contributed by atoms with Crippen molar-refractivity contribution in [3.8, 4) is 5.75 Å². The van der Waals surface area contributed by atoms with Crippen molar-refractivity contribution < 1.29 is 17.9 Å². The van der Waals surface area contributed by atoms with Crippen LogP contribution in [0.3, 0.4) is 0 Å². The minimum Gasteiger partial charge on any atom is -0.495 e. The minimum atomic E-state index is -3.67. The molecular weight excluding hydrogens is 328 g/mol. The van der Waals surface area contributed by atoms with Crippen molar-refractivity contribution in [3.63, 3.8) is 0 Å². The second-order valence-corrected chi connectivity index (χ2v) is 8.22. The molecule has 24 heavy (non-hydrogen) atoms. The molecule has 6 nitrogen and oxygen atoms in total. The Bertz CT molecular complexity index is 711. The number of carbonyl (C=O) groups is 1. The van der Waals surface area contributed by atoms with E-state index in [1.54, 1.807) is 23.1 Å². The number of rotatable bonds is 6. The molecule has 1 aromatic rings. The predicted molar refractivity (Wildman–Crippen MR) is 91.7 cm³/mol. The largest absolute Gasteiger partial charge is 0.495 e. The van der Waals surface area contributed by atoms with Crippen LogP contribution in [0.4, 0.5) is 5.69 Å². The highest BCUT2D eigenvalue weighted by atomic mass is 32.2. The molecule has 0 spiro atoms. The Morgan fingerprint density at radius 1 is 1.25 bits per heavy atom. The fourth-order valence-corrected chi connectivity index (χ4v) is 4.79. The summed E-state index contributed by atoms with van der Waals surface area (Å²) < 4.78 is 33.4. The Kier molecular flexibility index (Phi) is 5.10. The Morgan fingerprint density at radius 3 is 2.62 bits per heavy atom. The summed E-state index contributed by atoms with van der Waals surface area (Å²) in [6.45, 7) is 1.08. The molecule has 0 atom stereocenters. The van der Waals surface area contributed by atoms with E-state index in [0.717, 1.165) is 19.3 Å². The van der Waals surface area contributed by atoms with Crippen molar-refractivity contribution >= 4 is 21.6 Å². The zero-order valence-electron chi connectivity index (χ0n) is 14.0. The molecule has 1 aliphatic heterocycles. The maximum Gasteiger partial charge on any atom is 0.244 e. The highest BCUT2D eigenvalue weighted by molar-refractivity contribution is 7.89. The van der Waals surface area contributed by atoms with Crippen LogP contribution in [0.5, 0.6) is 5.75 Å². The third-order valence-electron chi connectivity index (χ3n) is 4.86. The zero-order valence-corrected chi connectivity index (χ0v) is 14.8. The molecule has 1 heterocycles. The van der Waals surface area contributed by atoms with Crippen LogP contribution in [0.1, 0.15) is 38.5 Å². The van der Waals surface area contributed by atoms with Crippen LogP contribution in [-0.4, -0.2) is 34.5 Å². The van der Waals surface area contributed by atoms with E-state index in [4.69, 9.17) is 4.74 Å². The Hall–Kier alpha value is -1.60. The van der Waals surface area contributed by atoms with Gasteiger partial charge in [-0.2, -0.15) is 0 Å². The van der Waals surface area contributed by atoms with E-state index in [-0.39, 0.29) is 10.8 Å². The summed E-state index contributed by atoms with van der Waals surface area (Å²) in [6, 6.07) is 4.89. The van der Waals surface area contributed by atoms with Crippen molar-refractivity contribution in [2.24, 2.45) is 5.92 Å². The van der Waals surface area contributed by atoms with E-state index in [9.17, 15) is 13.2 Å². The number of hydrogen-bond acceptors (Lipinski definition) is 4. The SMILES string of the molecule is COc1ccc(N2CCCC2=O)cc1S(=O)(=O)NCC1CCCC1. The molecule has 1 aromatic carbocycles. The molecule has 1 saturated carbocycles. The number of hydrogen-bond donors (Lipinski definition) is 1. The smallest absolute Gasteiger partial charge is 0.244 e. The number of benzene rings is 1. The number of nitrogens with zero attached hydrogens (tertiary/aromatic N) is 1. The number of carbonyl (C=O) groups excluding carboxylic acids is 1. The van der Waals surface area contributed by atoms with Gasteiger partial charge in [0.15, 0.2) is 0 Å². The molecule has 1 N–H and O–H groups in total. The van der Waals surface area contributed by atoms with Crippen LogP contribution >= 0.6 is 0 Å². The lowest BCUT2D eigenvalue weighted by molar-refractivity contribution is -0.117. The minimum absolute atomic E-state index is 0.0300. The van der Waals surface area contributed by atoms with E-state index in [1.165, 1.54) is 20.0 Å². The van der Waals surface area contributed by atoms with Gasteiger partial charge >= 0.3 is 0 Å². The van der Waals surface area contributed by atoms with Crippen LogP contribution in [0.15, 0.2) is 23.1 Å². The van der Waals surface area contributed by atoms with Gasteiger partial charge in [-0.1, -0.05) is 12.8 Å². The van der Waals surface area contributed by atoms with E-state index in [2.05, 4.69) is 4.72 Å². The van der Waals surface area contributed by atoms with Crippen molar-refractivity contribution in [2.75, 3.05) is 25.1 Å². The quantitative estimate of drug-likeness (QED) is 0.852. The summed E-state index contributed by atoms with van der Waals surface area (Å²) in [5, 5.41) is 0. The van der Waals surface area contributed by atoms with Crippen molar-refractivity contribution in [1.82, 2.24) is 4.72 Å². The first kappa shape index (κ1) is 17.2. The molecule has 1 saturated heterocycles. The molecule has 2 fully saturated rings. The van der Waals surface area contributed by atoms with Gasteiger partial charge in [0.1, 0.15) is 10.6 Å². The first-order chi connectivity index (χ1) is 11.5. The number of anilines is 1. The lowest BCUT2D eigenvalue weighted by Crippen LogP contribution is -2.29. The molecule has 0 aromatic heterocycles. The fourth-order valence-electron chi connectivity index (χ4n) is 3.48. The molecule has 1 aliphatic carbocycles. The van der Waals surface area contributed by atoms with Gasteiger partial charge in [-0.05, 0) is 43.4 Å². The predicted octanol–water partition coefficient (Wildman–Crippen LogP) is 2.29. The second-order valence-electron chi connectivity index (χ2n) is 6.49. The highest BCUT2D eigenvalue weighted by Gasteiger charge is 2.26. The number of methoxy groups -OCH3 is 1. The summed E-state index contributed by atoms with van der Waals surface area (Å²) in [4.78, 5) is 13.7.